The maximum absolute atomic E-state index is 13.9. The second kappa shape index (κ2) is 20.4. The number of carbonyl (C=O) groups is 6. The molecule has 0 heterocycles. The minimum Gasteiger partial charge on any atom is -0.426 e. The van der Waals surface area contributed by atoms with E-state index in [4.69, 9.17) is 19.2 Å². The molecule has 0 spiro atoms. The van der Waals surface area contributed by atoms with E-state index in [1.165, 1.54) is 62.8 Å². The highest BCUT2D eigenvalue weighted by molar-refractivity contribution is 6.02. The summed E-state index contributed by atoms with van der Waals surface area (Å²) in [6.07, 6.45) is 24.2. The minimum absolute atomic E-state index is 0.0823. The Morgan fingerprint density at radius 1 is 0.469 bits per heavy atom. The maximum atomic E-state index is 13.9. The first-order chi connectivity index (χ1) is 30.9. The zero-order valence-corrected chi connectivity index (χ0v) is 38.4. The number of benzene rings is 2. The lowest BCUT2D eigenvalue weighted by molar-refractivity contribution is -0.187. The summed E-state index contributed by atoms with van der Waals surface area (Å²) in [4.78, 5) is 92.4. The molecule has 0 radical (unpaired) electrons. The average Bonchev–Trinajstić information content (AvgIpc) is 3.24. The SMILES string of the molecule is CCCCCCCC(=O)c1ccc(OC(=O)CC23CC4CC(CC(C4)C2)C3)c(C(=O)OOC(=O)c2cc(C(=O)CCCCCCC)ccc2OC(=O)CC23CC4CC(CC(C4)C2)C3)c1. The van der Waals surface area contributed by atoms with Crippen LogP contribution in [0.4, 0.5) is 0 Å². The van der Waals surface area contributed by atoms with E-state index in [-0.39, 0.29) is 81.8 Å². The summed E-state index contributed by atoms with van der Waals surface area (Å²) in [7, 11) is 0. The molecule has 346 valence electrons. The van der Waals surface area contributed by atoms with E-state index in [1.54, 1.807) is 12.1 Å². The fourth-order valence-corrected chi connectivity index (χ4v) is 14.1. The van der Waals surface area contributed by atoms with Crippen LogP contribution in [0.15, 0.2) is 36.4 Å². The van der Waals surface area contributed by atoms with E-state index in [0.717, 1.165) is 89.9 Å². The fraction of sp³-hybridized carbons (Fsp3) is 0.667. The molecule has 10 nitrogen and oxygen atoms in total. The van der Waals surface area contributed by atoms with Crippen LogP contribution in [-0.4, -0.2) is 35.4 Å². The van der Waals surface area contributed by atoms with Crippen molar-refractivity contribution >= 4 is 35.4 Å². The van der Waals surface area contributed by atoms with Gasteiger partial charge in [-0.1, -0.05) is 65.2 Å². The second-order valence-corrected chi connectivity index (χ2v) is 21.5. The van der Waals surface area contributed by atoms with Gasteiger partial charge in [-0.15, -0.1) is 0 Å². The van der Waals surface area contributed by atoms with Crippen LogP contribution >= 0.6 is 0 Å². The fourth-order valence-electron chi connectivity index (χ4n) is 14.1. The van der Waals surface area contributed by atoms with Gasteiger partial charge in [0.15, 0.2) is 11.6 Å². The van der Waals surface area contributed by atoms with Crippen LogP contribution in [0, 0.1) is 46.3 Å². The summed E-state index contributed by atoms with van der Waals surface area (Å²) in [6.45, 7) is 4.26. The molecule has 8 saturated carbocycles. The number of ether oxygens (including phenoxy) is 2. The third kappa shape index (κ3) is 11.2. The van der Waals surface area contributed by atoms with Gasteiger partial charge in [0.2, 0.25) is 0 Å². The summed E-state index contributed by atoms with van der Waals surface area (Å²) < 4.78 is 11.9. The smallest absolute Gasteiger partial charge is 0.390 e. The summed E-state index contributed by atoms with van der Waals surface area (Å²) >= 11 is 0. The Morgan fingerprint density at radius 2 is 0.797 bits per heavy atom. The topological polar surface area (TPSA) is 139 Å². The molecule has 8 bridgehead atoms. The van der Waals surface area contributed by atoms with Crippen molar-refractivity contribution in [2.75, 3.05) is 0 Å². The van der Waals surface area contributed by atoms with Gasteiger partial charge in [-0.25, -0.2) is 19.4 Å². The van der Waals surface area contributed by atoms with Gasteiger partial charge >= 0.3 is 23.9 Å². The molecule has 10 heteroatoms. The molecular weight excluding hydrogens is 809 g/mol. The van der Waals surface area contributed by atoms with Crippen molar-refractivity contribution in [3.8, 4) is 11.5 Å². The van der Waals surface area contributed by atoms with Crippen molar-refractivity contribution in [2.24, 2.45) is 46.3 Å². The molecule has 0 amide bonds. The van der Waals surface area contributed by atoms with Gasteiger partial charge in [0.05, 0.1) is 12.8 Å². The van der Waals surface area contributed by atoms with Crippen molar-refractivity contribution in [1.82, 2.24) is 0 Å². The van der Waals surface area contributed by atoms with E-state index in [2.05, 4.69) is 13.8 Å². The van der Waals surface area contributed by atoms with Crippen molar-refractivity contribution < 1.29 is 48.0 Å². The third-order valence-corrected chi connectivity index (χ3v) is 16.1. The number of Topliss-reactive ketones (excluding diaryl/α,β-unsaturated/α-hetero) is 2. The molecule has 2 aromatic rings. The van der Waals surface area contributed by atoms with Gasteiger partial charge in [-0.3, -0.25) is 19.2 Å². The third-order valence-electron chi connectivity index (χ3n) is 16.1. The minimum atomic E-state index is -1.14. The van der Waals surface area contributed by atoms with Crippen LogP contribution in [0.3, 0.4) is 0 Å². The lowest BCUT2D eigenvalue weighted by Crippen LogP contribution is -2.47. The van der Waals surface area contributed by atoms with Gasteiger partial charge < -0.3 is 9.47 Å². The monoisotopic (exact) mass is 878 g/mol. The van der Waals surface area contributed by atoms with Crippen LogP contribution in [0.2, 0.25) is 0 Å². The van der Waals surface area contributed by atoms with Crippen LogP contribution in [0.25, 0.3) is 0 Å². The molecule has 10 rings (SSSR count). The molecule has 0 saturated heterocycles. The van der Waals surface area contributed by atoms with Crippen molar-refractivity contribution in [2.45, 2.75) is 181 Å². The molecule has 8 aliphatic rings. The van der Waals surface area contributed by atoms with Crippen LogP contribution in [0.5, 0.6) is 11.5 Å². The Hall–Kier alpha value is -4.34. The Bertz CT molecular complexity index is 1850. The molecule has 8 fully saturated rings. The number of ketones is 2. The number of esters is 2. The molecule has 0 aliphatic heterocycles. The summed E-state index contributed by atoms with van der Waals surface area (Å²) in [6, 6.07) is 8.68. The Balaban J connectivity index is 0.981. The average molecular weight is 879 g/mol. The molecule has 0 N–H and O–H groups in total. The normalized spacial score (nSPS) is 28.2. The van der Waals surface area contributed by atoms with Crippen LogP contribution in [0.1, 0.15) is 222 Å². The standard InChI is InChI=1S/C54H70O10/c1-3-5-7-9-11-13-45(55)41-15-17-47(61-49(57)33-53-27-35-19-36(28-53)21-37(20-35)29-53)43(25-41)51(59)63-64-52(60)44-26-42(46(56)14-12-10-8-6-4-2)16-18-48(44)62-50(58)34-54-30-38-22-39(31-54)24-40(23-38)32-54/h15-18,25-26,35-40H,3-14,19-24,27-34H2,1-2H3. The summed E-state index contributed by atoms with van der Waals surface area (Å²) in [5.74, 6) is 0.204. The molecule has 64 heavy (non-hydrogen) atoms. The van der Waals surface area contributed by atoms with Crippen molar-refractivity contribution in [1.29, 1.82) is 0 Å². The lowest BCUT2D eigenvalue weighted by atomic mass is 9.49. The van der Waals surface area contributed by atoms with Gasteiger partial charge in [-0.2, -0.15) is 0 Å². The van der Waals surface area contributed by atoms with E-state index in [9.17, 15) is 28.8 Å². The zero-order chi connectivity index (χ0) is 44.8. The number of hydrogen-bond acceptors (Lipinski definition) is 10. The van der Waals surface area contributed by atoms with Gasteiger partial charge in [0, 0.05) is 24.0 Å². The van der Waals surface area contributed by atoms with E-state index >= 15 is 0 Å². The van der Waals surface area contributed by atoms with Crippen LogP contribution < -0.4 is 9.47 Å². The van der Waals surface area contributed by atoms with Gasteiger partial charge in [0.1, 0.15) is 22.6 Å². The Kier molecular flexibility index (Phi) is 14.8. The first kappa shape index (κ1) is 46.2. The molecular formula is C54H70O10. The molecule has 8 aliphatic carbocycles. The molecule has 0 atom stereocenters. The quantitative estimate of drug-likeness (QED) is 0.0280. The molecule has 0 unspecified atom stereocenters. The first-order valence-corrected chi connectivity index (χ1v) is 25.1. The largest absolute Gasteiger partial charge is 0.426 e. The Morgan fingerprint density at radius 3 is 1.12 bits per heavy atom. The lowest BCUT2D eigenvalue weighted by Gasteiger charge is -2.56. The summed E-state index contributed by atoms with van der Waals surface area (Å²) in [5.41, 5.74) is -0.142. The van der Waals surface area contributed by atoms with Gasteiger partial charge in [0.25, 0.3) is 0 Å². The summed E-state index contributed by atoms with van der Waals surface area (Å²) in [5, 5.41) is 0. The highest BCUT2D eigenvalue weighted by Gasteiger charge is 2.53. The highest BCUT2D eigenvalue weighted by atomic mass is 17.2. The number of unbranched alkanes of at least 4 members (excludes halogenated alkanes) is 8. The van der Waals surface area contributed by atoms with E-state index < -0.39 is 23.9 Å². The predicted octanol–water partition coefficient (Wildman–Crippen LogP) is 12.7. The zero-order valence-electron chi connectivity index (χ0n) is 38.4. The maximum Gasteiger partial charge on any atom is 0.390 e. The van der Waals surface area contributed by atoms with Crippen molar-refractivity contribution in [3.63, 3.8) is 0 Å². The Labute approximate surface area is 379 Å². The second-order valence-electron chi connectivity index (χ2n) is 21.5. The molecule has 2 aromatic carbocycles. The highest BCUT2D eigenvalue weighted by Crippen LogP contribution is 2.62. The first-order valence-electron chi connectivity index (χ1n) is 25.1. The van der Waals surface area contributed by atoms with E-state index in [0.29, 0.717) is 48.3 Å². The van der Waals surface area contributed by atoms with Crippen molar-refractivity contribution in [3.05, 3.63) is 58.7 Å². The number of rotatable bonds is 22. The predicted molar refractivity (Wildman–Crippen MR) is 241 cm³/mol. The van der Waals surface area contributed by atoms with Gasteiger partial charge in [-0.05, 0) is 173 Å². The number of carbonyl (C=O) groups excluding carboxylic acids is 6. The number of hydrogen-bond donors (Lipinski definition) is 0. The van der Waals surface area contributed by atoms with E-state index in [1.807, 2.05) is 0 Å². The van der Waals surface area contributed by atoms with Crippen LogP contribution in [-0.2, 0) is 19.4 Å². The molecule has 0 aromatic heterocycles.